The van der Waals surface area contributed by atoms with Crippen LogP contribution in [0.15, 0.2) is 41.7 Å². The third-order valence-corrected chi connectivity index (χ3v) is 4.21. The second-order valence-corrected chi connectivity index (χ2v) is 6.10. The lowest BCUT2D eigenvalue weighted by atomic mass is 9.86. The van der Waals surface area contributed by atoms with Gasteiger partial charge in [0.15, 0.2) is 0 Å². The van der Waals surface area contributed by atoms with Crippen molar-refractivity contribution in [2.24, 2.45) is 11.5 Å². The number of nitrogens with zero attached hydrogens (tertiary/aromatic N) is 1. The van der Waals surface area contributed by atoms with E-state index in [0.29, 0.717) is 23.5 Å². The zero-order chi connectivity index (χ0) is 14.7. The molecule has 0 radical (unpaired) electrons. The summed E-state index contributed by atoms with van der Waals surface area (Å²) in [5.74, 6) is -0.0516. The van der Waals surface area contributed by atoms with Gasteiger partial charge in [-0.15, -0.1) is 0 Å². The number of carbonyl (C=O) groups excluding carboxylic acids is 1. The van der Waals surface area contributed by atoms with Crippen molar-refractivity contribution in [2.75, 3.05) is 11.4 Å². The molecule has 1 aromatic rings. The second kappa shape index (κ2) is 3.96. The standard InChI is InChI=1S/C16H19N3O/c1-9-13(18)14(15(9)20)19-8-16(2,3)11-5-4-10(7-17)6-12(11)19/h4-6H,1,7-8,17-18H2,2-3H3. The first kappa shape index (κ1) is 12.9. The highest BCUT2D eigenvalue weighted by Crippen LogP contribution is 2.45. The van der Waals surface area contributed by atoms with Crippen molar-refractivity contribution in [3.63, 3.8) is 0 Å². The van der Waals surface area contributed by atoms with Gasteiger partial charge in [-0.1, -0.05) is 32.6 Å². The lowest BCUT2D eigenvalue weighted by Crippen LogP contribution is -2.40. The quantitative estimate of drug-likeness (QED) is 0.799. The van der Waals surface area contributed by atoms with Crippen LogP contribution in [-0.2, 0) is 16.8 Å². The number of ketones is 1. The number of Topliss-reactive ketones (excluding diaryl/α,β-unsaturated/α-hetero) is 1. The molecule has 0 bridgehead atoms. The van der Waals surface area contributed by atoms with Gasteiger partial charge in [0.1, 0.15) is 5.70 Å². The van der Waals surface area contributed by atoms with Gasteiger partial charge >= 0.3 is 0 Å². The average Bonchev–Trinajstić information content (AvgIpc) is 2.69. The topological polar surface area (TPSA) is 72.3 Å². The van der Waals surface area contributed by atoms with E-state index in [1.165, 1.54) is 5.56 Å². The van der Waals surface area contributed by atoms with Gasteiger partial charge in [-0.2, -0.15) is 0 Å². The number of hydrogen-bond acceptors (Lipinski definition) is 4. The largest absolute Gasteiger partial charge is 0.396 e. The molecule has 1 heterocycles. The summed E-state index contributed by atoms with van der Waals surface area (Å²) in [7, 11) is 0. The molecular weight excluding hydrogens is 250 g/mol. The van der Waals surface area contributed by atoms with Crippen LogP contribution >= 0.6 is 0 Å². The van der Waals surface area contributed by atoms with E-state index in [-0.39, 0.29) is 11.2 Å². The normalized spacial score (nSPS) is 20.2. The number of fused-ring (bicyclic) bond motifs is 1. The molecule has 4 N–H and O–H groups in total. The van der Waals surface area contributed by atoms with Gasteiger partial charge in [0, 0.05) is 29.8 Å². The molecule has 0 unspecified atom stereocenters. The van der Waals surface area contributed by atoms with Crippen molar-refractivity contribution in [2.45, 2.75) is 25.8 Å². The van der Waals surface area contributed by atoms with E-state index in [9.17, 15) is 4.79 Å². The van der Waals surface area contributed by atoms with Gasteiger partial charge in [0.05, 0.1) is 5.70 Å². The van der Waals surface area contributed by atoms with E-state index in [1.54, 1.807) is 0 Å². The van der Waals surface area contributed by atoms with Crippen LogP contribution in [0.5, 0.6) is 0 Å². The summed E-state index contributed by atoms with van der Waals surface area (Å²) >= 11 is 0. The first-order valence-electron chi connectivity index (χ1n) is 6.71. The molecule has 2 aliphatic rings. The van der Waals surface area contributed by atoms with Crippen molar-refractivity contribution in [3.8, 4) is 0 Å². The van der Waals surface area contributed by atoms with Gasteiger partial charge in [-0.05, 0) is 17.2 Å². The fourth-order valence-corrected chi connectivity index (χ4v) is 3.00. The molecule has 1 aliphatic carbocycles. The number of carbonyl (C=O) groups is 1. The van der Waals surface area contributed by atoms with Crippen LogP contribution in [0.1, 0.15) is 25.0 Å². The third kappa shape index (κ3) is 1.55. The van der Waals surface area contributed by atoms with Crippen LogP contribution in [0, 0.1) is 0 Å². The molecule has 4 heteroatoms. The molecular formula is C16H19N3O. The maximum Gasteiger partial charge on any atom is 0.213 e. The monoisotopic (exact) mass is 269 g/mol. The second-order valence-electron chi connectivity index (χ2n) is 6.10. The number of anilines is 1. The van der Waals surface area contributed by atoms with Gasteiger partial charge in [-0.25, -0.2) is 0 Å². The summed E-state index contributed by atoms with van der Waals surface area (Å²) in [5.41, 5.74) is 16.5. The van der Waals surface area contributed by atoms with E-state index in [0.717, 1.165) is 17.8 Å². The van der Waals surface area contributed by atoms with Gasteiger partial charge < -0.3 is 16.4 Å². The van der Waals surface area contributed by atoms with E-state index in [2.05, 4.69) is 32.6 Å². The average molecular weight is 269 g/mol. The van der Waals surface area contributed by atoms with Crippen molar-refractivity contribution in [1.82, 2.24) is 0 Å². The SMILES string of the molecule is C=C1C(=O)C(N2CC(C)(C)c3ccc(CN)cc32)=C1N. The van der Waals surface area contributed by atoms with Gasteiger partial charge in [0.2, 0.25) is 5.78 Å². The first-order valence-corrected chi connectivity index (χ1v) is 6.71. The smallest absolute Gasteiger partial charge is 0.213 e. The Morgan fingerprint density at radius 3 is 2.70 bits per heavy atom. The van der Waals surface area contributed by atoms with E-state index in [4.69, 9.17) is 11.5 Å². The highest BCUT2D eigenvalue weighted by molar-refractivity contribution is 6.21. The molecule has 0 saturated carbocycles. The number of nitrogens with two attached hydrogens (primary N) is 2. The van der Waals surface area contributed by atoms with Gasteiger partial charge in [-0.3, -0.25) is 4.79 Å². The van der Waals surface area contributed by atoms with E-state index >= 15 is 0 Å². The Labute approximate surface area is 118 Å². The van der Waals surface area contributed by atoms with Crippen molar-refractivity contribution in [3.05, 3.63) is 52.9 Å². The molecule has 0 fully saturated rings. The predicted molar refractivity (Wildman–Crippen MR) is 80.1 cm³/mol. The highest BCUT2D eigenvalue weighted by atomic mass is 16.1. The number of benzene rings is 1. The van der Waals surface area contributed by atoms with Crippen molar-refractivity contribution in [1.29, 1.82) is 0 Å². The summed E-state index contributed by atoms with van der Waals surface area (Å²) < 4.78 is 0. The molecule has 104 valence electrons. The van der Waals surface area contributed by atoms with Crippen LogP contribution in [0.25, 0.3) is 0 Å². The molecule has 1 aromatic carbocycles. The van der Waals surface area contributed by atoms with Crippen LogP contribution in [-0.4, -0.2) is 12.3 Å². The molecule has 0 aromatic heterocycles. The van der Waals surface area contributed by atoms with Gasteiger partial charge in [0.25, 0.3) is 0 Å². The fourth-order valence-electron chi connectivity index (χ4n) is 3.00. The molecule has 0 atom stereocenters. The molecule has 4 nitrogen and oxygen atoms in total. The summed E-state index contributed by atoms with van der Waals surface area (Å²) in [6.07, 6.45) is 0. The minimum atomic E-state index is -0.0516. The maximum atomic E-state index is 12.0. The predicted octanol–water partition coefficient (Wildman–Crippen LogP) is 1.55. The minimum absolute atomic E-state index is 0.0209. The molecule has 3 rings (SSSR count). The molecule has 0 amide bonds. The summed E-state index contributed by atoms with van der Waals surface area (Å²) in [6, 6.07) is 6.20. The van der Waals surface area contributed by atoms with Crippen LogP contribution < -0.4 is 16.4 Å². The fraction of sp³-hybridized carbons (Fsp3) is 0.312. The lowest BCUT2D eigenvalue weighted by molar-refractivity contribution is -0.113. The van der Waals surface area contributed by atoms with Crippen LogP contribution in [0.4, 0.5) is 5.69 Å². The Morgan fingerprint density at radius 1 is 1.40 bits per heavy atom. The summed E-state index contributed by atoms with van der Waals surface area (Å²) in [4.78, 5) is 14.0. The first-order chi connectivity index (χ1) is 9.36. The molecule has 0 saturated heterocycles. The Balaban J connectivity index is 2.14. The lowest BCUT2D eigenvalue weighted by Gasteiger charge is -2.31. The summed E-state index contributed by atoms with van der Waals surface area (Å²) in [6.45, 7) is 9.25. The summed E-state index contributed by atoms with van der Waals surface area (Å²) in [5, 5.41) is 0. The molecule has 1 aliphatic heterocycles. The zero-order valence-electron chi connectivity index (χ0n) is 11.9. The Kier molecular flexibility index (Phi) is 2.56. The molecule has 20 heavy (non-hydrogen) atoms. The third-order valence-electron chi connectivity index (χ3n) is 4.21. The maximum absolute atomic E-state index is 12.0. The molecule has 0 spiro atoms. The number of rotatable bonds is 2. The Hall–Kier alpha value is -2.07. The van der Waals surface area contributed by atoms with Crippen LogP contribution in [0.2, 0.25) is 0 Å². The van der Waals surface area contributed by atoms with Crippen molar-refractivity contribution >= 4 is 11.5 Å². The zero-order valence-corrected chi connectivity index (χ0v) is 11.9. The van der Waals surface area contributed by atoms with Crippen molar-refractivity contribution < 1.29 is 4.79 Å². The van der Waals surface area contributed by atoms with E-state index < -0.39 is 0 Å². The number of hydrogen-bond donors (Lipinski definition) is 2. The highest BCUT2D eigenvalue weighted by Gasteiger charge is 2.43. The number of allylic oxidation sites excluding steroid dienone is 2. The van der Waals surface area contributed by atoms with Crippen LogP contribution in [0.3, 0.4) is 0 Å². The minimum Gasteiger partial charge on any atom is -0.396 e. The Morgan fingerprint density at radius 2 is 2.10 bits per heavy atom. The Bertz CT molecular complexity index is 670. The van der Waals surface area contributed by atoms with E-state index in [1.807, 2.05) is 11.0 Å².